The van der Waals surface area contributed by atoms with Gasteiger partial charge in [-0.25, -0.2) is 0 Å². The van der Waals surface area contributed by atoms with Crippen molar-refractivity contribution in [2.75, 3.05) is 6.54 Å². The van der Waals surface area contributed by atoms with E-state index in [9.17, 15) is 4.79 Å². The Labute approximate surface area is 53.2 Å². The van der Waals surface area contributed by atoms with Crippen molar-refractivity contribution in [2.24, 2.45) is 5.73 Å². The third kappa shape index (κ3) is 1.40. The van der Waals surface area contributed by atoms with Gasteiger partial charge in [0.05, 0.1) is 10.9 Å². The number of nitrogens with zero attached hydrogens (tertiary/aromatic N) is 1. The molecule has 0 aromatic heterocycles. The van der Waals surface area contributed by atoms with E-state index >= 15 is 0 Å². The molecule has 1 rings (SSSR count). The largest absolute Gasteiger partial charge is 0.366 e. The third-order valence-corrected chi connectivity index (χ3v) is 1.07. The van der Waals surface area contributed by atoms with Crippen LogP contribution >= 0.6 is 0 Å². The van der Waals surface area contributed by atoms with E-state index in [4.69, 9.17) is 5.73 Å². The first kappa shape index (κ1) is 6.04. The predicted octanol–water partition coefficient (Wildman–Crippen LogP) is -0.470. The number of allylic oxidation sites excluding steroid dienone is 2. The van der Waals surface area contributed by atoms with Gasteiger partial charge in [-0.05, 0) is 6.08 Å². The smallest absolute Gasteiger partial charge is 0.250 e. The lowest BCUT2D eigenvalue weighted by atomic mass is 10.2. The first-order valence-electron chi connectivity index (χ1n) is 2.63. The number of primary amides is 1. The predicted molar refractivity (Wildman–Crippen MR) is 33.4 cm³/mol. The highest BCUT2D eigenvalue weighted by Gasteiger charge is 2.13. The van der Waals surface area contributed by atoms with Crippen LogP contribution < -0.4 is 11.1 Å². The molecular formula is C6H7N2O+. The van der Waals surface area contributed by atoms with E-state index in [2.05, 4.69) is 5.32 Å². The molecule has 46 valence electrons. The number of rotatable bonds is 1. The van der Waals surface area contributed by atoms with Gasteiger partial charge in [0.2, 0.25) is 12.7 Å². The van der Waals surface area contributed by atoms with Crippen molar-refractivity contribution >= 4 is 5.91 Å². The van der Waals surface area contributed by atoms with E-state index in [1.807, 2.05) is 0 Å². The van der Waals surface area contributed by atoms with E-state index in [0.717, 1.165) is 0 Å². The van der Waals surface area contributed by atoms with Crippen LogP contribution in [0.5, 0.6) is 0 Å². The van der Waals surface area contributed by atoms with Gasteiger partial charge >= 0.3 is 0 Å². The summed E-state index contributed by atoms with van der Waals surface area (Å²) in [5.74, 6) is -0.386. The summed E-state index contributed by atoms with van der Waals surface area (Å²) in [4.78, 5) is 10.4. The lowest BCUT2D eigenvalue weighted by molar-refractivity contribution is -0.114. The van der Waals surface area contributed by atoms with Crippen molar-refractivity contribution < 1.29 is 4.79 Å². The molecule has 0 atom stereocenters. The van der Waals surface area contributed by atoms with Gasteiger partial charge < -0.3 is 5.73 Å². The molecule has 0 aromatic carbocycles. The molecular weight excluding hydrogens is 116 g/mol. The Morgan fingerprint density at radius 1 is 1.78 bits per heavy atom. The molecule has 0 bridgehead atoms. The van der Waals surface area contributed by atoms with Crippen molar-refractivity contribution in [1.82, 2.24) is 5.32 Å². The zero-order chi connectivity index (χ0) is 6.69. The van der Waals surface area contributed by atoms with Crippen molar-refractivity contribution in [2.45, 2.75) is 0 Å². The Bertz CT molecular complexity index is 181. The molecule has 0 fully saturated rings. The summed E-state index contributed by atoms with van der Waals surface area (Å²) < 4.78 is 0. The van der Waals surface area contributed by atoms with Gasteiger partial charge in [0.25, 0.3) is 5.91 Å². The molecule has 0 aliphatic carbocycles. The molecule has 1 aliphatic heterocycles. The highest BCUT2D eigenvalue weighted by molar-refractivity contribution is 5.92. The fourth-order valence-electron chi connectivity index (χ4n) is 0.584. The van der Waals surface area contributed by atoms with Crippen molar-refractivity contribution in [1.29, 1.82) is 0 Å². The maximum Gasteiger partial charge on any atom is 0.250 e. The molecule has 2 radical (unpaired) electrons. The minimum Gasteiger partial charge on any atom is -0.366 e. The Kier molecular flexibility index (Phi) is 1.65. The second-order valence-electron chi connectivity index (χ2n) is 1.74. The van der Waals surface area contributed by atoms with Crippen molar-refractivity contribution in [3.63, 3.8) is 0 Å². The van der Waals surface area contributed by atoms with Crippen LogP contribution in [-0.4, -0.2) is 12.5 Å². The average molecular weight is 123 g/mol. The lowest BCUT2D eigenvalue weighted by Crippen LogP contribution is -2.20. The van der Waals surface area contributed by atoms with E-state index in [-0.39, 0.29) is 5.91 Å². The normalized spacial score (nSPS) is 17.1. The molecule has 3 heteroatoms. The number of amides is 1. The minimum atomic E-state index is -0.386. The van der Waals surface area contributed by atoms with E-state index in [1.54, 1.807) is 18.4 Å². The van der Waals surface area contributed by atoms with Crippen LogP contribution in [0.1, 0.15) is 0 Å². The molecule has 3 nitrogen and oxygen atoms in total. The standard InChI is InChI=1S/C6H7N2O/c7-6(9)5-2-1-3-8-4-5/h1-3H,4H2,(H2,7,9)/q+1. The Morgan fingerprint density at radius 3 is 2.89 bits per heavy atom. The third-order valence-electron chi connectivity index (χ3n) is 1.07. The quantitative estimate of drug-likeness (QED) is 0.503. The second-order valence-corrected chi connectivity index (χ2v) is 1.74. The first-order chi connectivity index (χ1) is 4.30. The molecule has 1 aliphatic rings. The zero-order valence-corrected chi connectivity index (χ0v) is 4.87. The summed E-state index contributed by atoms with van der Waals surface area (Å²) in [5, 5.41) is 3.83. The van der Waals surface area contributed by atoms with Gasteiger partial charge in [0, 0.05) is 6.08 Å². The molecule has 0 saturated heterocycles. The van der Waals surface area contributed by atoms with Crippen LogP contribution in [-0.2, 0) is 4.79 Å². The Hall–Kier alpha value is -1.09. The van der Waals surface area contributed by atoms with Crippen molar-refractivity contribution in [3.05, 3.63) is 23.9 Å². The Balaban J connectivity index is 2.68. The summed E-state index contributed by atoms with van der Waals surface area (Å²) in [5.41, 5.74) is 5.53. The summed E-state index contributed by atoms with van der Waals surface area (Å²) in [6.07, 6.45) is 5.02. The highest BCUT2D eigenvalue weighted by atomic mass is 16.1. The zero-order valence-electron chi connectivity index (χ0n) is 4.87. The summed E-state index contributed by atoms with van der Waals surface area (Å²) >= 11 is 0. The number of carbonyl (C=O) groups excluding carboxylic acids is 1. The molecule has 9 heavy (non-hydrogen) atoms. The van der Waals surface area contributed by atoms with Gasteiger partial charge in [-0.3, -0.25) is 4.79 Å². The van der Waals surface area contributed by atoms with E-state index in [0.29, 0.717) is 12.1 Å². The Morgan fingerprint density at radius 2 is 2.56 bits per heavy atom. The summed E-state index contributed by atoms with van der Waals surface area (Å²) in [6.45, 7) is 0.422. The number of hydrogen-bond acceptors (Lipinski definition) is 1. The van der Waals surface area contributed by atoms with E-state index < -0.39 is 0 Å². The monoisotopic (exact) mass is 123 g/mol. The first-order valence-corrected chi connectivity index (χ1v) is 2.63. The molecule has 0 spiro atoms. The van der Waals surface area contributed by atoms with Crippen LogP contribution in [0.2, 0.25) is 0 Å². The SMILES string of the molecule is NC(=O)C1=CC=C[N+]C1. The van der Waals surface area contributed by atoms with Gasteiger partial charge in [0.15, 0.2) is 0 Å². The number of nitrogens with two attached hydrogens (primary N) is 1. The molecule has 1 heterocycles. The van der Waals surface area contributed by atoms with Crippen LogP contribution in [0.15, 0.2) is 23.9 Å². The van der Waals surface area contributed by atoms with Gasteiger partial charge in [-0.15, -0.1) is 0 Å². The summed E-state index contributed by atoms with van der Waals surface area (Å²) in [6, 6.07) is 0. The maximum atomic E-state index is 10.4. The molecule has 0 saturated carbocycles. The summed E-state index contributed by atoms with van der Waals surface area (Å²) in [7, 11) is 0. The topological polar surface area (TPSA) is 57.2 Å². The molecule has 1 amide bonds. The van der Waals surface area contributed by atoms with Crippen LogP contribution in [0.3, 0.4) is 0 Å². The van der Waals surface area contributed by atoms with E-state index in [1.165, 1.54) is 0 Å². The lowest BCUT2D eigenvalue weighted by Gasteiger charge is -1.92. The van der Waals surface area contributed by atoms with Gasteiger partial charge in [-0.2, -0.15) is 0 Å². The van der Waals surface area contributed by atoms with Crippen molar-refractivity contribution in [3.8, 4) is 0 Å². The molecule has 0 unspecified atom stereocenters. The highest BCUT2D eigenvalue weighted by Crippen LogP contribution is 1.96. The number of hydrogen-bond donors (Lipinski definition) is 1. The fraction of sp³-hybridized carbons (Fsp3) is 0.167. The van der Waals surface area contributed by atoms with Crippen LogP contribution in [0, 0.1) is 0 Å². The second kappa shape index (κ2) is 2.46. The number of carbonyl (C=O) groups is 1. The van der Waals surface area contributed by atoms with Crippen LogP contribution in [0.25, 0.3) is 0 Å². The molecule has 2 N–H and O–H groups in total. The van der Waals surface area contributed by atoms with Crippen LogP contribution in [0.4, 0.5) is 0 Å². The van der Waals surface area contributed by atoms with Gasteiger partial charge in [-0.1, -0.05) is 0 Å². The maximum absolute atomic E-state index is 10.4. The average Bonchev–Trinajstić information content (AvgIpc) is 1.90. The molecule has 0 aromatic rings. The fourth-order valence-corrected chi connectivity index (χ4v) is 0.584. The minimum absolute atomic E-state index is 0.386. The van der Waals surface area contributed by atoms with Gasteiger partial charge in [0.1, 0.15) is 0 Å².